The fourth-order valence-electron chi connectivity index (χ4n) is 1.83. The number of aryl methyl sites for hydroxylation is 1. The van der Waals surface area contributed by atoms with Gasteiger partial charge in [-0.3, -0.25) is 9.59 Å². The second kappa shape index (κ2) is 5.71. The number of hydrogen-bond donors (Lipinski definition) is 2. The van der Waals surface area contributed by atoms with Gasteiger partial charge in [0.15, 0.2) is 0 Å². The van der Waals surface area contributed by atoms with Crippen LogP contribution in [0.25, 0.3) is 0 Å². The number of rotatable bonds is 1. The predicted molar refractivity (Wildman–Crippen MR) is 68.9 cm³/mol. The largest absolute Gasteiger partial charge is 0.506 e. The first-order valence-electron chi connectivity index (χ1n) is 6.05. The van der Waals surface area contributed by atoms with Crippen LogP contribution in [-0.4, -0.2) is 48.1 Å². The highest BCUT2D eigenvalue weighted by molar-refractivity contribution is 6.39. The Bertz CT molecular complexity index is 495. The molecular formula is C13H16N2O4. The third kappa shape index (κ3) is 3.23. The molecular weight excluding hydrogens is 248 g/mol. The van der Waals surface area contributed by atoms with Crippen LogP contribution in [-0.2, 0) is 14.3 Å². The fourth-order valence-corrected chi connectivity index (χ4v) is 1.83. The number of hydrogen-bond acceptors (Lipinski definition) is 4. The van der Waals surface area contributed by atoms with Crippen molar-refractivity contribution in [3.05, 3.63) is 23.8 Å². The molecule has 1 aliphatic rings. The molecule has 1 fully saturated rings. The van der Waals surface area contributed by atoms with Crippen LogP contribution in [0, 0.1) is 6.92 Å². The second-order valence-corrected chi connectivity index (χ2v) is 4.38. The second-order valence-electron chi connectivity index (χ2n) is 4.38. The third-order valence-electron chi connectivity index (χ3n) is 2.89. The zero-order chi connectivity index (χ0) is 13.8. The summed E-state index contributed by atoms with van der Waals surface area (Å²) in [5.41, 5.74) is 1.10. The predicted octanol–water partition coefficient (Wildman–Crippen LogP) is 0.498. The Morgan fingerprint density at radius 3 is 2.63 bits per heavy atom. The van der Waals surface area contributed by atoms with Crippen LogP contribution in [0.5, 0.6) is 5.75 Å². The molecule has 0 aromatic heterocycles. The van der Waals surface area contributed by atoms with Crippen LogP contribution in [0.4, 0.5) is 5.69 Å². The number of carbonyl (C=O) groups is 2. The van der Waals surface area contributed by atoms with Gasteiger partial charge in [0, 0.05) is 13.1 Å². The molecule has 1 aromatic carbocycles. The molecule has 6 heteroatoms. The summed E-state index contributed by atoms with van der Waals surface area (Å²) >= 11 is 0. The van der Waals surface area contributed by atoms with Crippen molar-refractivity contribution in [2.45, 2.75) is 6.92 Å². The van der Waals surface area contributed by atoms with Gasteiger partial charge >= 0.3 is 11.8 Å². The van der Waals surface area contributed by atoms with Gasteiger partial charge < -0.3 is 20.1 Å². The molecule has 6 nitrogen and oxygen atoms in total. The number of phenolic OH excluding ortho intramolecular Hbond substituents is 1. The van der Waals surface area contributed by atoms with Crippen molar-refractivity contribution >= 4 is 17.5 Å². The molecule has 1 aromatic rings. The van der Waals surface area contributed by atoms with E-state index >= 15 is 0 Å². The molecule has 0 spiro atoms. The van der Waals surface area contributed by atoms with Crippen molar-refractivity contribution in [3.8, 4) is 5.75 Å². The maximum absolute atomic E-state index is 11.9. The van der Waals surface area contributed by atoms with E-state index in [0.29, 0.717) is 26.3 Å². The average molecular weight is 264 g/mol. The summed E-state index contributed by atoms with van der Waals surface area (Å²) in [4.78, 5) is 25.1. The molecule has 2 amide bonds. The van der Waals surface area contributed by atoms with Crippen LogP contribution in [0.3, 0.4) is 0 Å². The van der Waals surface area contributed by atoms with Crippen molar-refractivity contribution in [2.75, 3.05) is 31.6 Å². The average Bonchev–Trinajstić information content (AvgIpc) is 2.42. The van der Waals surface area contributed by atoms with Gasteiger partial charge in [0.05, 0.1) is 18.9 Å². The van der Waals surface area contributed by atoms with E-state index in [0.717, 1.165) is 5.56 Å². The van der Waals surface area contributed by atoms with Gasteiger partial charge in [-0.25, -0.2) is 0 Å². The minimum Gasteiger partial charge on any atom is -0.506 e. The van der Waals surface area contributed by atoms with Crippen LogP contribution in [0.15, 0.2) is 18.2 Å². The van der Waals surface area contributed by atoms with Crippen LogP contribution in [0.2, 0.25) is 0 Å². The van der Waals surface area contributed by atoms with E-state index in [-0.39, 0.29) is 11.4 Å². The van der Waals surface area contributed by atoms with E-state index in [1.54, 1.807) is 12.1 Å². The number of ether oxygens (including phenoxy) is 1. The summed E-state index contributed by atoms with van der Waals surface area (Å²) in [5.74, 6) is -1.41. The smallest absolute Gasteiger partial charge is 0.314 e. The number of nitrogens with zero attached hydrogens (tertiary/aromatic N) is 1. The Morgan fingerprint density at radius 2 is 2.00 bits per heavy atom. The number of morpholine rings is 1. The quantitative estimate of drug-likeness (QED) is 0.572. The molecule has 2 rings (SSSR count). The van der Waals surface area contributed by atoms with Gasteiger partial charge in [0.2, 0.25) is 0 Å². The number of aromatic hydroxyl groups is 1. The maximum atomic E-state index is 11.9. The minimum absolute atomic E-state index is 0.0527. The van der Waals surface area contributed by atoms with Gasteiger partial charge in [-0.1, -0.05) is 6.07 Å². The van der Waals surface area contributed by atoms with Gasteiger partial charge in [0.1, 0.15) is 5.75 Å². The first-order valence-corrected chi connectivity index (χ1v) is 6.05. The maximum Gasteiger partial charge on any atom is 0.314 e. The van der Waals surface area contributed by atoms with Crippen molar-refractivity contribution in [1.29, 1.82) is 0 Å². The number of anilines is 1. The zero-order valence-corrected chi connectivity index (χ0v) is 10.7. The minimum atomic E-state index is -0.749. The Kier molecular flexibility index (Phi) is 4.01. The third-order valence-corrected chi connectivity index (χ3v) is 2.89. The number of carbonyl (C=O) groups excluding carboxylic acids is 2. The molecule has 1 aliphatic heterocycles. The molecule has 0 bridgehead atoms. The molecule has 1 saturated heterocycles. The number of amides is 2. The van der Waals surface area contributed by atoms with Gasteiger partial charge in [0.25, 0.3) is 0 Å². The van der Waals surface area contributed by atoms with E-state index in [1.807, 2.05) is 6.92 Å². The van der Waals surface area contributed by atoms with Crippen LogP contribution in [0.1, 0.15) is 5.56 Å². The van der Waals surface area contributed by atoms with E-state index in [9.17, 15) is 14.7 Å². The van der Waals surface area contributed by atoms with Crippen molar-refractivity contribution < 1.29 is 19.4 Å². The molecule has 0 atom stereocenters. The monoisotopic (exact) mass is 264 g/mol. The summed E-state index contributed by atoms with van der Waals surface area (Å²) in [6.45, 7) is 3.52. The summed E-state index contributed by atoms with van der Waals surface area (Å²) in [6, 6.07) is 4.83. The molecule has 0 unspecified atom stereocenters. The van der Waals surface area contributed by atoms with Crippen molar-refractivity contribution in [3.63, 3.8) is 0 Å². The lowest BCUT2D eigenvalue weighted by Crippen LogP contribution is -2.45. The van der Waals surface area contributed by atoms with Gasteiger partial charge in [-0.15, -0.1) is 0 Å². The lowest BCUT2D eigenvalue weighted by molar-refractivity contribution is -0.145. The lowest BCUT2D eigenvalue weighted by atomic mass is 10.2. The Balaban J connectivity index is 2.01. The highest BCUT2D eigenvalue weighted by Crippen LogP contribution is 2.23. The molecule has 0 aliphatic carbocycles. The van der Waals surface area contributed by atoms with E-state index in [1.165, 1.54) is 11.0 Å². The summed E-state index contributed by atoms with van der Waals surface area (Å²) in [5, 5.41) is 12.1. The molecule has 0 radical (unpaired) electrons. The fraction of sp³-hybridized carbons (Fsp3) is 0.385. The van der Waals surface area contributed by atoms with Crippen molar-refractivity contribution in [2.24, 2.45) is 0 Å². The zero-order valence-electron chi connectivity index (χ0n) is 10.7. The lowest BCUT2D eigenvalue weighted by Gasteiger charge is -2.26. The molecule has 2 N–H and O–H groups in total. The SMILES string of the molecule is Cc1ccc(NC(=O)C(=O)N2CCOCC2)c(O)c1. The molecule has 102 valence electrons. The Labute approximate surface area is 111 Å². The Hall–Kier alpha value is -2.08. The highest BCUT2D eigenvalue weighted by atomic mass is 16.5. The summed E-state index contributed by atoms with van der Waals surface area (Å²) in [6.07, 6.45) is 0. The van der Waals surface area contributed by atoms with E-state index < -0.39 is 11.8 Å². The van der Waals surface area contributed by atoms with Crippen molar-refractivity contribution in [1.82, 2.24) is 4.90 Å². The summed E-state index contributed by atoms with van der Waals surface area (Å²) in [7, 11) is 0. The normalized spacial score (nSPS) is 15.1. The topological polar surface area (TPSA) is 78.9 Å². The number of phenols is 1. The highest BCUT2D eigenvalue weighted by Gasteiger charge is 2.24. The molecule has 0 saturated carbocycles. The van der Waals surface area contributed by atoms with Crippen LogP contribution >= 0.6 is 0 Å². The first-order chi connectivity index (χ1) is 9.08. The van der Waals surface area contributed by atoms with Gasteiger partial charge in [-0.05, 0) is 24.6 Å². The Morgan fingerprint density at radius 1 is 1.32 bits per heavy atom. The van der Waals surface area contributed by atoms with E-state index in [4.69, 9.17) is 4.74 Å². The molecule has 1 heterocycles. The van der Waals surface area contributed by atoms with E-state index in [2.05, 4.69) is 5.32 Å². The first kappa shape index (κ1) is 13.4. The number of benzene rings is 1. The van der Waals surface area contributed by atoms with Gasteiger partial charge in [-0.2, -0.15) is 0 Å². The number of nitrogens with one attached hydrogen (secondary N) is 1. The molecule has 19 heavy (non-hydrogen) atoms. The summed E-state index contributed by atoms with van der Waals surface area (Å²) < 4.78 is 5.11. The standard InChI is InChI=1S/C13H16N2O4/c1-9-2-3-10(11(16)8-9)14-12(17)13(18)15-4-6-19-7-5-15/h2-3,8,16H,4-7H2,1H3,(H,14,17). The van der Waals surface area contributed by atoms with Crippen LogP contribution < -0.4 is 5.32 Å².